The summed E-state index contributed by atoms with van der Waals surface area (Å²) in [5.74, 6) is 0.161. The molecule has 22 heavy (non-hydrogen) atoms. The lowest BCUT2D eigenvalue weighted by molar-refractivity contribution is -0.134. The van der Waals surface area contributed by atoms with E-state index in [1.54, 1.807) is 12.1 Å². The van der Waals surface area contributed by atoms with E-state index in [1.165, 1.54) is 13.2 Å². The third kappa shape index (κ3) is 2.28. The molecule has 0 aliphatic carbocycles. The molecule has 3 rings (SSSR count). The average Bonchev–Trinajstić information content (AvgIpc) is 2.86. The lowest BCUT2D eigenvalue weighted by Crippen LogP contribution is -2.28. The number of carbonyl (C=O) groups excluding carboxylic acids is 1. The first-order valence-corrected chi connectivity index (χ1v) is 6.99. The Morgan fingerprint density at radius 2 is 2.18 bits per heavy atom. The number of fused-ring (bicyclic) bond motifs is 3. The fourth-order valence-electron chi connectivity index (χ4n) is 2.74. The zero-order valence-corrected chi connectivity index (χ0v) is 12.4. The minimum Gasteiger partial charge on any atom is -0.491 e. The summed E-state index contributed by atoms with van der Waals surface area (Å²) in [5, 5.41) is 0.790. The van der Waals surface area contributed by atoms with E-state index < -0.39 is 11.4 Å². The van der Waals surface area contributed by atoms with Crippen molar-refractivity contribution in [3.05, 3.63) is 52.4 Å². The Balaban J connectivity index is 2.04. The van der Waals surface area contributed by atoms with Crippen molar-refractivity contribution in [1.82, 2.24) is 0 Å². The monoisotopic (exact) mass is 300 g/mol. The summed E-state index contributed by atoms with van der Waals surface area (Å²) in [6, 6.07) is 7.30. The van der Waals surface area contributed by atoms with E-state index in [-0.39, 0.29) is 5.63 Å². The van der Waals surface area contributed by atoms with Crippen LogP contribution in [0.15, 0.2) is 45.6 Å². The van der Waals surface area contributed by atoms with Gasteiger partial charge >= 0.3 is 11.6 Å². The van der Waals surface area contributed by atoms with Crippen LogP contribution < -0.4 is 10.4 Å². The first-order valence-electron chi connectivity index (χ1n) is 6.99. The van der Waals surface area contributed by atoms with Gasteiger partial charge in [-0.15, -0.1) is 0 Å². The SMILES string of the molecule is COC(=O)/C=C/CC1(C)COc2c1c(=O)oc1ccccc21. The van der Waals surface area contributed by atoms with E-state index in [1.807, 2.05) is 25.1 Å². The summed E-state index contributed by atoms with van der Waals surface area (Å²) in [4.78, 5) is 23.5. The molecule has 5 heteroatoms. The summed E-state index contributed by atoms with van der Waals surface area (Å²) >= 11 is 0. The Kier molecular flexibility index (Phi) is 3.48. The maximum atomic E-state index is 12.3. The van der Waals surface area contributed by atoms with E-state index in [0.29, 0.717) is 29.9 Å². The Hall–Kier alpha value is -2.56. The molecular weight excluding hydrogens is 284 g/mol. The van der Waals surface area contributed by atoms with Crippen LogP contribution in [0.3, 0.4) is 0 Å². The third-order valence-corrected chi connectivity index (χ3v) is 3.93. The number of allylic oxidation sites excluding steroid dienone is 1. The van der Waals surface area contributed by atoms with Gasteiger partial charge in [0.15, 0.2) is 0 Å². The first kappa shape index (κ1) is 14.4. The predicted octanol–water partition coefficient (Wildman–Crippen LogP) is 2.56. The Bertz CT molecular complexity index is 817. The molecule has 1 aliphatic rings. The number of ether oxygens (including phenoxy) is 2. The zero-order chi connectivity index (χ0) is 15.7. The van der Waals surface area contributed by atoms with Crippen molar-refractivity contribution in [3.63, 3.8) is 0 Å². The van der Waals surface area contributed by atoms with Crippen LogP contribution in [0.4, 0.5) is 0 Å². The second-order valence-electron chi connectivity index (χ2n) is 5.57. The van der Waals surface area contributed by atoms with Gasteiger partial charge in [-0.2, -0.15) is 0 Å². The van der Waals surface area contributed by atoms with Crippen LogP contribution in [-0.4, -0.2) is 19.7 Å². The van der Waals surface area contributed by atoms with Gasteiger partial charge in [-0.25, -0.2) is 9.59 Å². The number of benzene rings is 1. The maximum Gasteiger partial charge on any atom is 0.343 e. The minimum absolute atomic E-state index is 0.368. The summed E-state index contributed by atoms with van der Waals surface area (Å²) in [5.41, 5.74) is 0.131. The lowest BCUT2D eigenvalue weighted by Gasteiger charge is -2.18. The molecule has 5 nitrogen and oxygen atoms in total. The summed E-state index contributed by atoms with van der Waals surface area (Å²) in [6.07, 6.45) is 3.53. The van der Waals surface area contributed by atoms with Crippen LogP contribution in [0.5, 0.6) is 5.75 Å². The van der Waals surface area contributed by atoms with E-state index in [2.05, 4.69) is 4.74 Å². The molecule has 1 aromatic carbocycles. The molecule has 1 unspecified atom stereocenters. The zero-order valence-electron chi connectivity index (χ0n) is 12.4. The van der Waals surface area contributed by atoms with Crippen LogP contribution in [0.25, 0.3) is 11.0 Å². The summed E-state index contributed by atoms with van der Waals surface area (Å²) < 4.78 is 15.7. The van der Waals surface area contributed by atoms with Crippen molar-refractivity contribution < 1.29 is 18.7 Å². The van der Waals surface area contributed by atoms with E-state index in [0.717, 1.165) is 5.39 Å². The predicted molar refractivity (Wildman–Crippen MR) is 81.1 cm³/mol. The van der Waals surface area contributed by atoms with Gasteiger partial charge in [0.05, 0.1) is 24.7 Å². The van der Waals surface area contributed by atoms with E-state index in [9.17, 15) is 9.59 Å². The Morgan fingerprint density at radius 3 is 2.95 bits per heavy atom. The van der Waals surface area contributed by atoms with Crippen molar-refractivity contribution >= 4 is 16.9 Å². The quantitative estimate of drug-likeness (QED) is 0.495. The van der Waals surface area contributed by atoms with Crippen LogP contribution in [0.2, 0.25) is 0 Å². The second-order valence-corrected chi connectivity index (χ2v) is 5.57. The average molecular weight is 300 g/mol. The third-order valence-electron chi connectivity index (χ3n) is 3.93. The molecule has 1 aromatic heterocycles. The number of esters is 1. The van der Waals surface area contributed by atoms with Crippen molar-refractivity contribution in [1.29, 1.82) is 0 Å². The van der Waals surface area contributed by atoms with Crippen molar-refractivity contribution in [2.45, 2.75) is 18.8 Å². The number of hydrogen-bond acceptors (Lipinski definition) is 5. The largest absolute Gasteiger partial charge is 0.491 e. The fourth-order valence-corrected chi connectivity index (χ4v) is 2.74. The number of para-hydroxylation sites is 1. The first-order chi connectivity index (χ1) is 10.5. The van der Waals surface area contributed by atoms with Gasteiger partial charge in [-0.3, -0.25) is 0 Å². The molecule has 1 atom stereocenters. The standard InChI is InChI=1S/C17H16O5/c1-17(9-5-8-13(18)20-2)10-21-15-11-6-3-4-7-12(11)22-16(19)14(15)17/h3-8H,9-10H2,1-2H3/b8-5+. The highest BCUT2D eigenvalue weighted by atomic mass is 16.5. The highest BCUT2D eigenvalue weighted by molar-refractivity contribution is 5.85. The maximum absolute atomic E-state index is 12.3. The Labute approximate surface area is 127 Å². The minimum atomic E-state index is -0.523. The van der Waals surface area contributed by atoms with E-state index in [4.69, 9.17) is 9.15 Å². The molecule has 0 saturated carbocycles. The number of rotatable bonds is 3. The van der Waals surface area contributed by atoms with Gasteiger partial charge in [0.25, 0.3) is 0 Å². The molecule has 2 heterocycles. The number of methoxy groups -OCH3 is 1. The lowest BCUT2D eigenvalue weighted by atomic mass is 9.82. The van der Waals surface area contributed by atoms with Gasteiger partial charge in [0, 0.05) is 11.5 Å². The highest BCUT2D eigenvalue weighted by Crippen LogP contribution is 2.42. The number of carbonyl (C=O) groups is 1. The van der Waals surface area contributed by atoms with Gasteiger partial charge in [-0.1, -0.05) is 25.1 Å². The normalized spacial score (nSPS) is 20.1. The molecule has 2 aromatic rings. The molecule has 114 valence electrons. The van der Waals surface area contributed by atoms with Gasteiger partial charge in [0.2, 0.25) is 0 Å². The van der Waals surface area contributed by atoms with Gasteiger partial charge < -0.3 is 13.9 Å². The van der Waals surface area contributed by atoms with Crippen molar-refractivity contribution in [2.75, 3.05) is 13.7 Å². The topological polar surface area (TPSA) is 65.7 Å². The van der Waals surface area contributed by atoms with E-state index >= 15 is 0 Å². The highest BCUT2D eigenvalue weighted by Gasteiger charge is 2.40. The molecular formula is C17H16O5. The molecule has 0 spiro atoms. The van der Waals surface area contributed by atoms with Crippen LogP contribution in [0.1, 0.15) is 18.9 Å². The molecule has 0 saturated heterocycles. The molecule has 0 amide bonds. The van der Waals surface area contributed by atoms with Crippen LogP contribution >= 0.6 is 0 Å². The molecule has 1 aliphatic heterocycles. The van der Waals surface area contributed by atoms with Crippen LogP contribution in [0, 0.1) is 0 Å². The Morgan fingerprint density at radius 1 is 1.41 bits per heavy atom. The summed E-state index contributed by atoms with van der Waals surface area (Å²) in [6.45, 7) is 2.29. The van der Waals surface area contributed by atoms with Crippen molar-refractivity contribution in [3.8, 4) is 5.75 Å². The molecule has 0 bridgehead atoms. The smallest absolute Gasteiger partial charge is 0.343 e. The summed E-state index contributed by atoms with van der Waals surface area (Å²) in [7, 11) is 1.32. The fraction of sp³-hybridized carbons (Fsp3) is 0.294. The van der Waals surface area contributed by atoms with Crippen molar-refractivity contribution in [2.24, 2.45) is 0 Å². The number of hydrogen-bond donors (Lipinski definition) is 0. The second kappa shape index (κ2) is 5.33. The molecule has 0 N–H and O–H groups in total. The molecule has 0 radical (unpaired) electrons. The van der Waals surface area contributed by atoms with Crippen LogP contribution in [-0.2, 0) is 14.9 Å². The van der Waals surface area contributed by atoms with Gasteiger partial charge in [0.1, 0.15) is 11.3 Å². The van der Waals surface area contributed by atoms with Gasteiger partial charge in [-0.05, 0) is 18.6 Å². The molecule has 0 fully saturated rings.